The summed E-state index contributed by atoms with van der Waals surface area (Å²) in [4.78, 5) is 23.0. The van der Waals surface area contributed by atoms with Crippen LogP contribution in [0, 0.1) is 5.82 Å². The van der Waals surface area contributed by atoms with E-state index in [1.165, 1.54) is 31.4 Å². The van der Waals surface area contributed by atoms with E-state index in [4.69, 9.17) is 15.2 Å². The van der Waals surface area contributed by atoms with E-state index in [1.807, 2.05) is 0 Å². The van der Waals surface area contributed by atoms with Gasteiger partial charge in [0.2, 0.25) is 0 Å². The Balaban J connectivity index is 2.14. The number of anilines is 1. The molecule has 0 fully saturated rings. The lowest BCUT2D eigenvalue weighted by Gasteiger charge is -2.11. The molecule has 0 aliphatic rings. The van der Waals surface area contributed by atoms with Crippen LogP contribution in [-0.2, 0) is 4.79 Å². The second-order valence-corrected chi connectivity index (χ2v) is 4.58. The summed E-state index contributed by atoms with van der Waals surface area (Å²) in [7, 11) is 1.38. The van der Waals surface area contributed by atoms with Crippen molar-refractivity contribution in [1.29, 1.82) is 0 Å². The van der Waals surface area contributed by atoms with Crippen molar-refractivity contribution in [2.75, 3.05) is 19.0 Å². The Morgan fingerprint density at radius 2 is 2.00 bits per heavy atom. The highest BCUT2D eigenvalue weighted by atomic mass is 19.1. The summed E-state index contributed by atoms with van der Waals surface area (Å²) in [6, 6.07) is 10.0. The fraction of sp³-hybridized carbons (Fsp3) is 0.125. The molecule has 2 rings (SSSR count). The molecule has 0 atom stereocenters. The van der Waals surface area contributed by atoms with Crippen LogP contribution >= 0.6 is 0 Å². The van der Waals surface area contributed by atoms with E-state index in [9.17, 15) is 14.0 Å². The number of amides is 2. The molecule has 2 aromatic rings. The van der Waals surface area contributed by atoms with Gasteiger partial charge in [0.05, 0.1) is 12.8 Å². The summed E-state index contributed by atoms with van der Waals surface area (Å²) in [6.45, 7) is -0.281. The van der Waals surface area contributed by atoms with Crippen LogP contribution in [0.2, 0.25) is 0 Å². The van der Waals surface area contributed by atoms with Crippen molar-refractivity contribution < 1.29 is 23.5 Å². The topological polar surface area (TPSA) is 90.7 Å². The smallest absolute Gasteiger partial charge is 0.255 e. The van der Waals surface area contributed by atoms with E-state index in [0.717, 1.165) is 0 Å². The molecule has 0 saturated heterocycles. The van der Waals surface area contributed by atoms with Crippen molar-refractivity contribution in [3.05, 3.63) is 53.8 Å². The zero-order chi connectivity index (χ0) is 16.8. The lowest BCUT2D eigenvalue weighted by atomic mass is 10.2. The van der Waals surface area contributed by atoms with Crippen LogP contribution in [0.1, 0.15) is 10.4 Å². The molecule has 2 aromatic carbocycles. The third-order valence-electron chi connectivity index (χ3n) is 2.89. The predicted octanol–water partition coefficient (Wildman–Crippen LogP) is 1.95. The number of carbonyl (C=O) groups excluding carboxylic acids is 2. The average molecular weight is 318 g/mol. The minimum atomic E-state index is -0.615. The van der Waals surface area contributed by atoms with Crippen LogP contribution in [-0.4, -0.2) is 25.5 Å². The predicted molar refractivity (Wildman–Crippen MR) is 82.0 cm³/mol. The number of rotatable bonds is 6. The Bertz CT molecular complexity index is 734. The molecule has 0 aromatic heterocycles. The van der Waals surface area contributed by atoms with Gasteiger partial charge in [-0.1, -0.05) is 6.07 Å². The van der Waals surface area contributed by atoms with Gasteiger partial charge in [0.15, 0.2) is 6.61 Å². The largest absolute Gasteiger partial charge is 0.494 e. The summed E-state index contributed by atoms with van der Waals surface area (Å²) < 4.78 is 23.3. The lowest BCUT2D eigenvalue weighted by molar-refractivity contribution is -0.119. The van der Waals surface area contributed by atoms with E-state index in [-0.39, 0.29) is 12.4 Å². The first-order valence-corrected chi connectivity index (χ1v) is 6.65. The van der Waals surface area contributed by atoms with Gasteiger partial charge in [-0.15, -0.1) is 0 Å². The number of halogens is 1. The summed E-state index contributed by atoms with van der Waals surface area (Å²) in [5.41, 5.74) is 5.64. The lowest BCUT2D eigenvalue weighted by Crippen LogP contribution is -2.20. The molecule has 0 bridgehead atoms. The number of primary amides is 1. The monoisotopic (exact) mass is 318 g/mol. The molecule has 0 spiro atoms. The summed E-state index contributed by atoms with van der Waals surface area (Å²) in [5, 5.41) is 2.62. The minimum Gasteiger partial charge on any atom is -0.494 e. The molecule has 0 unspecified atom stereocenters. The quantitative estimate of drug-likeness (QED) is 0.851. The number of hydrogen-bond acceptors (Lipinski definition) is 4. The SMILES string of the molecule is COc1cc(F)ccc1NC(=O)c1cccc(OCC(N)=O)c1. The number of ether oxygens (including phenoxy) is 2. The molecule has 2 amide bonds. The van der Waals surface area contributed by atoms with Gasteiger partial charge >= 0.3 is 0 Å². The van der Waals surface area contributed by atoms with Crippen molar-refractivity contribution in [3.63, 3.8) is 0 Å². The van der Waals surface area contributed by atoms with Crippen LogP contribution < -0.4 is 20.5 Å². The summed E-state index contributed by atoms with van der Waals surface area (Å²) >= 11 is 0. The zero-order valence-corrected chi connectivity index (χ0v) is 12.3. The molecule has 3 N–H and O–H groups in total. The Morgan fingerprint density at radius 1 is 1.22 bits per heavy atom. The van der Waals surface area contributed by atoms with Gasteiger partial charge in [0, 0.05) is 11.6 Å². The Kier molecular flexibility index (Phi) is 5.14. The van der Waals surface area contributed by atoms with Crippen LogP contribution in [0.5, 0.6) is 11.5 Å². The minimum absolute atomic E-state index is 0.208. The zero-order valence-electron chi connectivity index (χ0n) is 12.3. The number of nitrogens with one attached hydrogen (secondary N) is 1. The third kappa shape index (κ3) is 4.44. The summed E-state index contributed by atoms with van der Waals surface area (Å²) in [5.74, 6) is -0.973. The highest BCUT2D eigenvalue weighted by Gasteiger charge is 2.11. The standard InChI is InChI=1S/C16H15FN2O4/c1-22-14-8-11(17)5-6-13(14)19-16(21)10-3-2-4-12(7-10)23-9-15(18)20/h2-8H,9H2,1H3,(H2,18,20)(H,19,21). The van der Waals surface area contributed by atoms with E-state index in [1.54, 1.807) is 18.2 Å². The second-order valence-electron chi connectivity index (χ2n) is 4.58. The molecule has 120 valence electrons. The van der Waals surface area contributed by atoms with E-state index in [2.05, 4.69) is 5.32 Å². The first kappa shape index (κ1) is 16.3. The fourth-order valence-corrected chi connectivity index (χ4v) is 1.84. The van der Waals surface area contributed by atoms with E-state index in [0.29, 0.717) is 17.0 Å². The van der Waals surface area contributed by atoms with Crippen molar-refractivity contribution in [2.24, 2.45) is 5.73 Å². The van der Waals surface area contributed by atoms with Crippen molar-refractivity contribution in [1.82, 2.24) is 0 Å². The molecule has 0 saturated carbocycles. The van der Waals surface area contributed by atoms with Crippen molar-refractivity contribution in [3.8, 4) is 11.5 Å². The first-order valence-electron chi connectivity index (χ1n) is 6.65. The normalized spacial score (nSPS) is 10.0. The van der Waals surface area contributed by atoms with Gasteiger partial charge in [-0.3, -0.25) is 9.59 Å². The first-order chi connectivity index (χ1) is 11.0. The maximum absolute atomic E-state index is 13.2. The Labute approximate surface area is 132 Å². The van der Waals surface area contributed by atoms with Gasteiger partial charge < -0.3 is 20.5 Å². The van der Waals surface area contributed by atoms with Gasteiger partial charge in [-0.2, -0.15) is 0 Å². The van der Waals surface area contributed by atoms with Gasteiger partial charge in [0.1, 0.15) is 17.3 Å². The molecule has 0 aliphatic carbocycles. The van der Waals surface area contributed by atoms with Crippen LogP contribution in [0.15, 0.2) is 42.5 Å². The second kappa shape index (κ2) is 7.26. The number of hydrogen-bond donors (Lipinski definition) is 2. The molecular weight excluding hydrogens is 303 g/mol. The van der Waals surface area contributed by atoms with Crippen molar-refractivity contribution >= 4 is 17.5 Å². The fourth-order valence-electron chi connectivity index (χ4n) is 1.84. The Morgan fingerprint density at radius 3 is 2.70 bits per heavy atom. The van der Waals surface area contributed by atoms with Gasteiger partial charge in [-0.05, 0) is 30.3 Å². The van der Waals surface area contributed by atoms with Crippen LogP contribution in [0.25, 0.3) is 0 Å². The molecule has 0 aliphatic heterocycles. The van der Waals surface area contributed by atoms with E-state index < -0.39 is 17.6 Å². The van der Waals surface area contributed by atoms with E-state index >= 15 is 0 Å². The maximum Gasteiger partial charge on any atom is 0.255 e. The molecule has 0 heterocycles. The Hall–Kier alpha value is -3.09. The molecule has 6 nitrogen and oxygen atoms in total. The van der Waals surface area contributed by atoms with Crippen LogP contribution in [0.3, 0.4) is 0 Å². The number of benzene rings is 2. The molecule has 7 heteroatoms. The average Bonchev–Trinajstić information content (AvgIpc) is 2.54. The number of methoxy groups -OCH3 is 1. The molecule has 0 radical (unpaired) electrons. The van der Waals surface area contributed by atoms with Gasteiger partial charge in [-0.25, -0.2) is 4.39 Å². The third-order valence-corrected chi connectivity index (χ3v) is 2.89. The summed E-state index contributed by atoms with van der Waals surface area (Å²) in [6.07, 6.45) is 0. The number of nitrogens with two attached hydrogens (primary N) is 1. The molecule has 23 heavy (non-hydrogen) atoms. The molecular formula is C16H15FN2O4. The highest BCUT2D eigenvalue weighted by Crippen LogP contribution is 2.25. The van der Waals surface area contributed by atoms with Crippen molar-refractivity contribution in [2.45, 2.75) is 0 Å². The number of carbonyl (C=O) groups is 2. The van der Waals surface area contributed by atoms with Gasteiger partial charge in [0.25, 0.3) is 11.8 Å². The maximum atomic E-state index is 13.2. The van der Waals surface area contributed by atoms with Crippen LogP contribution in [0.4, 0.5) is 10.1 Å². The highest BCUT2D eigenvalue weighted by molar-refractivity contribution is 6.05.